The maximum Gasteiger partial charge on any atom is 0.223 e. The van der Waals surface area contributed by atoms with Gasteiger partial charge in [0, 0.05) is 54.5 Å². The molecule has 2 fully saturated rings. The van der Waals surface area contributed by atoms with E-state index < -0.39 is 30.0 Å². The Morgan fingerprint density at radius 3 is 2.74 bits per heavy atom. The van der Waals surface area contributed by atoms with E-state index in [-0.39, 0.29) is 52.7 Å². The summed E-state index contributed by atoms with van der Waals surface area (Å²) in [6.45, 7) is 7.19. The van der Waals surface area contributed by atoms with E-state index in [1.165, 1.54) is 12.1 Å². The van der Waals surface area contributed by atoms with Crippen molar-refractivity contribution in [3.05, 3.63) is 51.4 Å². The molecule has 0 radical (unpaired) electrons. The van der Waals surface area contributed by atoms with Crippen molar-refractivity contribution in [2.75, 3.05) is 31.6 Å². The lowest BCUT2D eigenvalue weighted by atomic mass is 10.0. The molecule has 2 N–H and O–H groups in total. The number of rotatable bonds is 6. The van der Waals surface area contributed by atoms with Gasteiger partial charge in [-0.15, -0.1) is 0 Å². The number of anilines is 1. The van der Waals surface area contributed by atoms with Crippen LogP contribution in [0.5, 0.6) is 0 Å². The number of hydrogen-bond acceptors (Lipinski definition) is 7. The molecule has 5 rings (SSSR count). The van der Waals surface area contributed by atoms with Crippen LogP contribution in [0.2, 0.25) is 0 Å². The molecule has 2 saturated heterocycles. The molecule has 0 saturated carbocycles. The minimum absolute atomic E-state index is 0.0486. The van der Waals surface area contributed by atoms with Gasteiger partial charge >= 0.3 is 0 Å². The first kappa shape index (κ1) is 26.6. The van der Waals surface area contributed by atoms with E-state index in [1.807, 2.05) is 18.7 Å². The van der Waals surface area contributed by atoms with E-state index in [4.69, 9.17) is 4.74 Å². The Morgan fingerprint density at radius 2 is 2.05 bits per heavy atom. The SMILES string of the molecule is Cc1c(CN2CC[C@@H](F)C2)n(C(C)C)c2c(F)c(-c3nc(N[C@@H]4CCOC[C@H]4O)ncc3F)ccc2c1=O. The van der Waals surface area contributed by atoms with Crippen molar-refractivity contribution < 1.29 is 23.0 Å². The van der Waals surface area contributed by atoms with Crippen LogP contribution in [0.1, 0.15) is 44.0 Å². The summed E-state index contributed by atoms with van der Waals surface area (Å²) >= 11 is 0. The fourth-order valence-electron chi connectivity index (χ4n) is 5.40. The first-order valence-electron chi connectivity index (χ1n) is 12.9. The Kier molecular flexibility index (Phi) is 7.43. The summed E-state index contributed by atoms with van der Waals surface area (Å²) in [4.78, 5) is 23.5. The summed E-state index contributed by atoms with van der Waals surface area (Å²) in [7, 11) is 0. The van der Waals surface area contributed by atoms with Crippen LogP contribution in [0.25, 0.3) is 22.2 Å². The molecular formula is C27H32F3N5O3. The molecule has 1 aromatic carbocycles. The van der Waals surface area contributed by atoms with Gasteiger partial charge in [0.05, 0.1) is 30.5 Å². The van der Waals surface area contributed by atoms with Crippen molar-refractivity contribution in [1.29, 1.82) is 0 Å². The highest BCUT2D eigenvalue weighted by atomic mass is 19.1. The number of benzene rings is 1. The third kappa shape index (κ3) is 4.90. The van der Waals surface area contributed by atoms with Crippen LogP contribution in [-0.4, -0.2) is 69.2 Å². The second-order valence-corrected chi connectivity index (χ2v) is 10.4. The Morgan fingerprint density at radius 1 is 1.26 bits per heavy atom. The number of aliphatic hydroxyl groups is 1. The van der Waals surface area contributed by atoms with Crippen LogP contribution >= 0.6 is 0 Å². The first-order valence-corrected chi connectivity index (χ1v) is 12.9. The third-order valence-corrected chi connectivity index (χ3v) is 7.41. The molecule has 3 aromatic rings. The number of aromatic nitrogens is 3. The average molecular weight is 532 g/mol. The monoisotopic (exact) mass is 531 g/mol. The minimum atomic E-state index is -0.927. The lowest BCUT2D eigenvalue weighted by Crippen LogP contribution is -2.42. The van der Waals surface area contributed by atoms with E-state index in [2.05, 4.69) is 15.3 Å². The number of aliphatic hydroxyl groups excluding tert-OH is 1. The molecule has 0 spiro atoms. The Hall–Kier alpha value is -3.02. The van der Waals surface area contributed by atoms with Gasteiger partial charge in [0.25, 0.3) is 0 Å². The van der Waals surface area contributed by atoms with Crippen LogP contribution < -0.4 is 10.7 Å². The van der Waals surface area contributed by atoms with Crippen LogP contribution in [0, 0.1) is 18.6 Å². The number of pyridine rings is 1. The highest BCUT2D eigenvalue weighted by Gasteiger charge is 2.28. The summed E-state index contributed by atoms with van der Waals surface area (Å²) in [5, 5.41) is 13.3. The van der Waals surface area contributed by atoms with Gasteiger partial charge in [-0.2, -0.15) is 0 Å². The molecular weight excluding hydrogens is 499 g/mol. The molecule has 4 heterocycles. The summed E-state index contributed by atoms with van der Waals surface area (Å²) < 4.78 is 52.2. The second-order valence-electron chi connectivity index (χ2n) is 10.4. The third-order valence-electron chi connectivity index (χ3n) is 7.41. The van der Waals surface area contributed by atoms with Gasteiger partial charge in [0.2, 0.25) is 5.95 Å². The van der Waals surface area contributed by atoms with E-state index in [0.29, 0.717) is 43.8 Å². The van der Waals surface area contributed by atoms with Crippen molar-refractivity contribution in [2.24, 2.45) is 0 Å². The molecule has 38 heavy (non-hydrogen) atoms. The van der Waals surface area contributed by atoms with Crippen LogP contribution in [0.4, 0.5) is 19.1 Å². The standard InChI is InChI=1S/C27H32F3N5O3/c1-14(2)35-21(12-34-8-6-16(28)11-34)15(3)26(37)18-5-4-17(23(30)25(18)35)24-19(29)10-31-27(33-24)32-20-7-9-38-13-22(20)36/h4-5,10,14,16,20,22,36H,6-9,11-13H2,1-3H3,(H,31,32,33)/t16-,20-,22-/m1/s1. The maximum atomic E-state index is 16.3. The molecule has 0 bridgehead atoms. The average Bonchev–Trinajstić information content (AvgIpc) is 3.30. The lowest BCUT2D eigenvalue weighted by Gasteiger charge is -2.28. The molecule has 204 valence electrons. The topological polar surface area (TPSA) is 92.5 Å². The van der Waals surface area contributed by atoms with Gasteiger partial charge in [-0.3, -0.25) is 9.69 Å². The number of hydrogen-bond donors (Lipinski definition) is 2. The van der Waals surface area contributed by atoms with Gasteiger partial charge in [-0.1, -0.05) is 0 Å². The fraction of sp³-hybridized carbons (Fsp3) is 0.519. The summed E-state index contributed by atoms with van der Waals surface area (Å²) in [5.41, 5.74) is 0.477. The van der Waals surface area contributed by atoms with Gasteiger partial charge in [-0.25, -0.2) is 23.1 Å². The van der Waals surface area contributed by atoms with Crippen molar-refractivity contribution in [1.82, 2.24) is 19.4 Å². The molecule has 0 unspecified atom stereocenters. The zero-order valence-electron chi connectivity index (χ0n) is 21.7. The first-order chi connectivity index (χ1) is 18.2. The number of fused-ring (bicyclic) bond motifs is 1. The lowest BCUT2D eigenvalue weighted by molar-refractivity contribution is -0.0136. The predicted octanol–water partition coefficient (Wildman–Crippen LogP) is 3.73. The van der Waals surface area contributed by atoms with Gasteiger partial charge in [-0.05, 0) is 45.7 Å². The van der Waals surface area contributed by atoms with Gasteiger partial charge in [0.15, 0.2) is 17.1 Å². The van der Waals surface area contributed by atoms with Gasteiger partial charge < -0.3 is 19.7 Å². The molecule has 8 nitrogen and oxygen atoms in total. The van der Waals surface area contributed by atoms with Crippen molar-refractivity contribution >= 4 is 16.9 Å². The molecule has 3 atom stereocenters. The van der Waals surface area contributed by atoms with E-state index in [0.717, 1.165) is 6.20 Å². The molecule has 2 aliphatic heterocycles. The normalized spacial score (nSPS) is 22.5. The largest absolute Gasteiger partial charge is 0.389 e. The summed E-state index contributed by atoms with van der Waals surface area (Å²) in [6.07, 6.45) is 0.167. The van der Waals surface area contributed by atoms with Crippen molar-refractivity contribution in [3.8, 4) is 11.3 Å². The molecule has 11 heteroatoms. The zero-order valence-corrected chi connectivity index (χ0v) is 21.7. The Labute approximate surface area is 218 Å². The van der Waals surface area contributed by atoms with Crippen molar-refractivity contribution in [2.45, 2.75) is 64.5 Å². The van der Waals surface area contributed by atoms with Crippen LogP contribution in [-0.2, 0) is 11.3 Å². The summed E-state index contributed by atoms with van der Waals surface area (Å²) in [6, 6.07) is 2.23. The molecule has 0 amide bonds. The molecule has 2 aliphatic rings. The van der Waals surface area contributed by atoms with Crippen molar-refractivity contribution in [3.63, 3.8) is 0 Å². The van der Waals surface area contributed by atoms with E-state index in [9.17, 15) is 18.7 Å². The number of likely N-dealkylation sites (tertiary alicyclic amines) is 1. The number of ether oxygens (including phenoxy) is 1. The number of halogens is 3. The predicted molar refractivity (Wildman–Crippen MR) is 138 cm³/mol. The highest BCUT2D eigenvalue weighted by Crippen LogP contribution is 2.32. The van der Waals surface area contributed by atoms with Gasteiger partial charge in [0.1, 0.15) is 11.9 Å². The summed E-state index contributed by atoms with van der Waals surface area (Å²) in [5.74, 6) is -1.54. The number of nitrogens with zero attached hydrogens (tertiary/aromatic N) is 4. The smallest absolute Gasteiger partial charge is 0.223 e. The fourth-order valence-corrected chi connectivity index (χ4v) is 5.40. The van der Waals surface area contributed by atoms with E-state index >= 15 is 4.39 Å². The highest BCUT2D eigenvalue weighted by molar-refractivity contribution is 5.86. The number of alkyl halides is 1. The van der Waals surface area contributed by atoms with E-state index in [1.54, 1.807) is 11.5 Å². The number of nitrogens with one attached hydrogen (secondary N) is 1. The Bertz CT molecular complexity index is 1410. The minimum Gasteiger partial charge on any atom is -0.389 e. The quantitative estimate of drug-likeness (QED) is 0.501. The zero-order chi connectivity index (χ0) is 27.1. The second kappa shape index (κ2) is 10.6. The maximum absolute atomic E-state index is 16.3. The van der Waals surface area contributed by atoms with Crippen LogP contribution in [0.15, 0.2) is 23.1 Å². The Balaban J connectivity index is 1.63. The van der Waals surface area contributed by atoms with Crippen LogP contribution in [0.3, 0.4) is 0 Å². The molecule has 0 aliphatic carbocycles. The molecule has 2 aromatic heterocycles.